The van der Waals surface area contributed by atoms with Crippen LogP contribution in [-0.4, -0.2) is 34.5 Å². The van der Waals surface area contributed by atoms with E-state index in [1.807, 2.05) is 0 Å². The molecule has 4 nitrogen and oxygen atoms in total. The van der Waals surface area contributed by atoms with Gasteiger partial charge in [-0.15, -0.1) is 0 Å². The highest BCUT2D eigenvalue weighted by molar-refractivity contribution is 5.72. The molecular formula is C6H10F3NO3. The van der Waals surface area contributed by atoms with Gasteiger partial charge in [-0.3, -0.25) is 4.79 Å². The summed E-state index contributed by atoms with van der Waals surface area (Å²) in [5.41, 5.74) is 4.93. The zero-order valence-electron chi connectivity index (χ0n) is 6.58. The largest absolute Gasteiger partial charge is 0.480 e. The van der Waals surface area contributed by atoms with Crippen LogP contribution in [0.15, 0.2) is 0 Å². The molecule has 0 heterocycles. The average molecular weight is 201 g/mol. The fraction of sp³-hybridized carbons (Fsp3) is 0.833. The van der Waals surface area contributed by atoms with Crippen LogP contribution in [0, 0.1) is 0 Å². The predicted octanol–water partition coefficient (Wildman–Crippen LogP) is 0.102. The number of carboxylic acid groups (broad SMARTS) is 1. The highest BCUT2D eigenvalue weighted by Crippen LogP contribution is 2.23. The first-order valence-corrected chi connectivity index (χ1v) is 3.48. The monoisotopic (exact) mass is 201 g/mol. The van der Waals surface area contributed by atoms with Crippen LogP contribution in [0.25, 0.3) is 0 Å². The van der Waals surface area contributed by atoms with Crippen LogP contribution >= 0.6 is 0 Å². The summed E-state index contributed by atoms with van der Waals surface area (Å²) in [5, 5.41) is 16.7. The van der Waals surface area contributed by atoms with E-state index in [0.717, 1.165) is 0 Å². The Balaban J connectivity index is 3.83. The molecule has 78 valence electrons. The minimum Gasteiger partial charge on any atom is -0.480 e. The standard InChI is InChI=1S/C6H10F3NO3/c7-6(8,9)4(11)2-1-3(10)5(12)13/h3-4,11H,1-2,10H2,(H,12,13)/t3-,4-/m0/s1. The molecule has 0 spiro atoms. The molecule has 0 saturated heterocycles. The number of hydrogen-bond donors (Lipinski definition) is 3. The average Bonchev–Trinajstić information content (AvgIpc) is 1.97. The molecule has 0 saturated carbocycles. The van der Waals surface area contributed by atoms with Crippen molar-refractivity contribution in [2.75, 3.05) is 0 Å². The van der Waals surface area contributed by atoms with E-state index >= 15 is 0 Å². The van der Waals surface area contributed by atoms with E-state index < -0.39 is 37.1 Å². The van der Waals surface area contributed by atoms with Crippen molar-refractivity contribution in [2.45, 2.75) is 31.2 Å². The van der Waals surface area contributed by atoms with Gasteiger partial charge in [-0.25, -0.2) is 0 Å². The molecule has 0 aliphatic rings. The summed E-state index contributed by atoms with van der Waals surface area (Å²) in [6.45, 7) is 0. The van der Waals surface area contributed by atoms with E-state index in [2.05, 4.69) is 0 Å². The molecule has 0 radical (unpaired) electrons. The SMILES string of the molecule is N[C@@H](CC[C@H](O)C(F)(F)F)C(=O)O. The fourth-order valence-electron chi connectivity index (χ4n) is 0.625. The van der Waals surface area contributed by atoms with E-state index in [0.29, 0.717) is 0 Å². The van der Waals surface area contributed by atoms with Crippen molar-refractivity contribution >= 4 is 5.97 Å². The molecule has 0 aliphatic carbocycles. The van der Waals surface area contributed by atoms with Crippen LogP contribution in [0.2, 0.25) is 0 Å². The molecule has 0 aliphatic heterocycles. The van der Waals surface area contributed by atoms with Crippen LogP contribution in [0.1, 0.15) is 12.8 Å². The van der Waals surface area contributed by atoms with E-state index in [9.17, 15) is 18.0 Å². The molecule has 13 heavy (non-hydrogen) atoms. The second kappa shape index (κ2) is 4.43. The van der Waals surface area contributed by atoms with Gasteiger partial charge >= 0.3 is 12.1 Å². The van der Waals surface area contributed by atoms with Crippen molar-refractivity contribution in [3.63, 3.8) is 0 Å². The highest BCUT2D eigenvalue weighted by atomic mass is 19.4. The lowest BCUT2D eigenvalue weighted by molar-refractivity contribution is -0.206. The Labute approximate surface area is 72.2 Å². The van der Waals surface area contributed by atoms with Gasteiger partial charge in [0.2, 0.25) is 0 Å². The number of alkyl halides is 3. The Hall–Kier alpha value is -0.820. The van der Waals surface area contributed by atoms with Gasteiger partial charge < -0.3 is 15.9 Å². The van der Waals surface area contributed by atoms with Gasteiger partial charge in [0, 0.05) is 0 Å². The molecule has 0 aromatic carbocycles. The summed E-state index contributed by atoms with van der Waals surface area (Å²) in [5.74, 6) is -1.38. The number of aliphatic hydroxyl groups excluding tert-OH is 1. The molecule has 0 amide bonds. The van der Waals surface area contributed by atoms with Crippen molar-refractivity contribution in [2.24, 2.45) is 5.73 Å². The lowest BCUT2D eigenvalue weighted by Gasteiger charge is -2.15. The number of rotatable bonds is 4. The predicted molar refractivity (Wildman–Crippen MR) is 36.9 cm³/mol. The van der Waals surface area contributed by atoms with E-state index in [1.54, 1.807) is 0 Å². The zero-order chi connectivity index (χ0) is 10.6. The van der Waals surface area contributed by atoms with Crippen molar-refractivity contribution in [1.82, 2.24) is 0 Å². The summed E-state index contributed by atoms with van der Waals surface area (Å²) in [7, 11) is 0. The van der Waals surface area contributed by atoms with Crippen LogP contribution in [0.3, 0.4) is 0 Å². The molecule has 0 fully saturated rings. The Kier molecular flexibility index (Phi) is 4.15. The first-order valence-electron chi connectivity index (χ1n) is 3.48. The Bertz CT molecular complexity index is 182. The minimum atomic E-state index is -4.71. The number of halogens is 3. The number of hydrogen-bond acceptors (Lipinski definition) is 3. The molecule has 0 bridgehead atoms. The lowest BCUT2D eigenvalue weighted by Crippen LogP contribution is -2.34. The molecule has 2 atom stereocenters. The van der Waals surface area contributed by atoms with Gasteiger partial charge in [0.15, 0.2) is 0 Å². The van der Waals surface area contributed by atoms with E-state index in [1.165, 1.54) is 0 Å². The molecule has 0 unspecified atom stereocenters. The van der Waals surface area contributed by atoms with E-state index in [-0.39, 0.29) is 0 Å². The van der Waals surface area contributed by atoms with Crippen molar-refractivity contribution in [3.8, 4) is 0 Å². The van der Waals surface area contributed by atoms with Gasteiger partial charge in [-0.1, -0.05) is 0 Å². The molecular weight excluding hydrogens is 191 g/mol. The number of carbonyl (C=O) groups is 1. The Morgan fingerprint density at radius 2 is 1.85 bits per heavy atom. The third kappa shape index (κ3) is 4.69. The normalized spacial score (nSPS) is 16.7. The van der Waals surface area contributed by atoms with E-state index in [4.69, 9.17) is 15.9 Å². The third-order valence-corrected chi connectivity index (χ3v) is 1.45. The number of aliphatic hydroxyl groups is 1. The molecule has 0 aromatic rings. The number of aliphatic carboxylic acids is 1. The Morgan fingerprint density at radius 1 is 1.38 bits per heavy atom. The molecule has 0 aromatic heterocycles. The smallest absolute Gasteiger partial charge is 0.414 e. The van der Waals surface area contributed by atoms with Crippen molar-refractivity contribution < 1.29 is 28.2 Å². The lowest BCUT2D eigenvalue weighted by atomic mass is 10.1. The summed E-state index contributed by atoms with van der Waals surface area (Å²) < 4.78 is 35.0. The van der Waals surface area contributed by atoms with Gasteiger partial charge in [0.1, 0.15) is 12.1 Å². The molecule has 0 rings (SSSR count). The molecule has 7 heteroatoms. The maximum Gasteiger partial charge on any atom is 0.414 e. The van der Waals surface area contributed by atoms with Crippen molar-refractivity contribution in [1.29, 1.82) is 0 Å². The minimum absolute atomic E-state index is 0.407. The quantitative estimate of drug-likeness (QED) is 0.602. The van der Waals surface area contributed by atoms with Gasteiger partial charge in [0.25, 0.3) is 0 Å². The summed E-state index contributed by atoms with van der Waals surface area (Å²) in [6.07, 6.45) is -8.32. The number of carboxylic acids is 1. The topological polar surface area (TPSA) is 83.5 Å². The zero-order valence-corrected chi connectivity index (χ0v) is 6.58. The number of nitrogens with two attached hydrogens (primary N) is 1. The van der Waals surface area contributed by atoms with Gasteiger partial charge in [-0.05, 0) is 12.8 Å². The van der Waals surface area contributed by atoms with Crippen LogP contribution in [0.5, 0.6) is 0 Å². The first kappa shape index (κ1) is 12.2. The summed E-state index contributed by atoms with van der Waals surface area (Å²) in [6, 6.07) is -1.36. The maximum atomic E-state index is 11.7. The van der Waals surface area contributed by atoms with Crippen LogP contribution < -0.4 is 5.73 Å². The highest BCUT2D eigenvalue weighted by Gasteiger charge is 2.38. The second-order valence-corrected chi connectivity index (χ2v) is 2.58. The van der Waals surface area contributed by atoms with Crippen LogP contribution in [0.4, 0.5) is 13.2 Å². The third-order valence-electron chi connectivity index (χ3n) is 1.45. The second-order valence-electron chi connectivity index (χ2n) is 2.58. The van der Waals surface area contributed by atoms with Crippen molar-refractivity contribution in [3.05, 3.63) is 0 Å². The molecule has 4 N–H and O–H groups in total. The maximum absolute atomic E-state index is 11.7. The summed E-state index contributed by atoms with van der Waals surface area (Å²) in [4.78, 5) is 10.1. The first-order chi connectivity index (χ1) is 5.75. The van der Waals surface area contributed by atoms with Gasteiger partial charge in [-0.2, -0.15) is 13.2 Å². The fourth-order valence-corrected chi connectivity index (χ4v) is 0.625. The van der Waals surface area contributed by atoms with Gasteiger partial charge in [0.05, 0.1) is 0 Å². The summed E-state index contributed by atoms with van der Waals surface area (Å²) >= 11 is 0. The van der Waals surface area contributed by atoms with Crippen LogP contribution in [-0.2, 0) is 4.79 Å². The Morgan fingerprint density at radius 3 is 2.15 bits per heavy atom.